The lowest BCUT2D eigenvalue weighted by molar-refractivity contribution is 0.474. The van der Waals surface area contributed by atoms with E-state index in [2.05, 4.69) is 15.7 Å². The number of hydrogen-bond donors (Lipinski definition) is 2. The van der Waals surface area contributed by atoms with E-state index in [9.17, 15) is 5.11 Å². The van der Waals surface area contributed by atoms with E-state index in [0.29, 0.717) is 6.54 Å². The maximum absolute atomic E-state index is 9.38. The topological polar surface area (TPSA) is 63.0 Å². The van der Waals surface area contributed by atoms with Crippen LogP contribution < -0.4 is 5.43 Å². The summed E-state index contributed by atoms with van der Waals surface area (Å²) >= 11 is 0. The molecule has 0 atom stereocenters. The smallest absolute Gasteiger partial charge is 0.115 e. The number of nitrogens with one attached hydrogen (secondary N) is 1. The van der Waals surface area contributed by atoms with Gasteiger partial charge in [-0.25, -0.2) is 0 Å². The molecule has 0 unspecified atom stereocenters. The summed E-state index contributed by atoms with van der Waals surface area (Å²) in [4.78, 5) is 1.64. The summed E-state index contributed by atoms with van der Waals surface area (Å²) in [6.45, 7) is 0.571. The van der Waals surface area contributed by atoms with Gasteiger partial charge in [0.15, 0.2) is 0 Å². The minimum absolute atomic E-state index is 0.262. The molecular weight excluding hydrogens is 228 g/mol. The molecule has 3 aromatic rings. The van der Waals surface area contributed by atoms with Crippen molar-refractivity contribution >= 4 is 11.0 Å². The number of benzene rings is 2. The molecule has 5 nitrogen and oxygen atoms in total. The van der Waals surface area contributed by atoms with E-state index in [4.69, 9.17) is 0 Å². The molecule has 0 aliphatic carbocycles. The monoisotopic (exact) mass is 240 g/mol. The lowest BCUT2D eigenvalue weighted by Gasteiger charge is -2.06. The minimum atomic E-state index is 0.262. The summed E-state index contributed by atoms with van der Waals surface area (Å²) in [5.41, 5.74) is 5.90. The molecule has 5 heteroatoms. The number of nitrogens with zero attached hydrogens (tertiary/aromatic N) is 3. The zero-order valence-electron chi connectivity index (χ0n) is 9.61. The van der Waals surface area contributed by atoms with Crippen LogP contribution in [0.15, 0.2) is 48.5 Å². The Morgan fingerprint density at radius 1 is 1.11 bits per heavy atom. The summed E-state index contributed by atoms with van der Waals surface area (Å²) < 4.78 is 0. The number of hydrogen-bond acceptors (Lipinski definition) is 4. The van der Waals surface area contributed by atoms with E-state index in [1.54, 1.807) is 16.9 Å². The SMILES string of the molecule is Oc1cccc(CNn2nnc3ccccc32)c1. The van der Waals surface area contributed by atoms with Crippen molar-refractivity contribution < 1.29 is 5.11 Å². The number of phenols is 1. The van der Waals surface area contributed by atoms with Gasteiger partial charge in [0.25, 0.3) is 0 Å². The van der Waals surface area contributed by atoms with Crippen LogP contribution in [0.2, 0.25) is 0 Å². The van der Waals surface area contributed by atoms with E-state index >= 15 is 0 Å². The van der Waals surface area contributed by atoms with Crippen LogP contribution in [0.1, 0.15) is 5.56 Å². The Balaban J connectivity index is 1.81. The predicted octanol–water partition coefficient (Wildman–Crippen LogP) is 1.88. The average molecular weight is 240 g/mol. The van der Waals surface area contributed by atoms with Crippen LogP contribution in [0, 0.1) is 0 Å². The number of fused-ring (bicyclic) bond motifs is 1. The maximum atomic E-state index is 9.38. The first-order valence-electron chi connectivity index (χ1n) is 5.65. The molecule has 1 aromatic heterocycles. The molecule has 1 heterocycles. The first kappa shape index (κ1) is 10.6. The molecule has 0 fully saturated rings. The van der Waals surface area contributed by atoms with Gasteiger partial charge in [0, 0.05) is 0 Å². The molecule has 2 aromatic carbocycles. The molecule has 0 spiro atoms. The Hall–Kier alpha value is -2.56. The summed E-state index contributed by atoms with van der Waals surface area (Å²) in [5, 5.41) is 17.5. The van der Waals surface area contributed by atoms with E-state index in [1.807, 2.05) is 36.4 Å². The minimum Gasteiger partial charge on any atom is -0.508 e. The second-order valence-electron chi connectivity index (χ2n) is 3.99. The lowest BCUT2D eigenvalue weighted by atomic mass is 10.2. The van der Waals surface area contributed by atoms with Crippen LogP contribution in [0.5, 0.6) is 5.75 Å². The van der Waals surface area contributed by atoms with E-state index < -0.39 is 0 Å². The standard InChI is InChI=1S/C13H12N4O/c18-11-5-3-4-10(8-11)9-14-17-13-7-2-1-6-12(13)15-16-17/h1-8,14,18H,9H2. The summed E-state index contributed by atoms with van der Waals surface area (Å²) in [6, 6.07) is 14.8. The second-order valence-corrected chi connectivity index (χ2v) is 3.99. The van der Waals surface area contributed by atoms with Crippen LogP contribution >= 0.6 is 0 Å². The van der Waals surface area contributed by atoms with Gasteiger partial charge in [-0.3, -0.25) is 0 Å². The summed E-state index contributed by atoms with van der Waals surface area (Å²) in [5.74, 6) is 0.262. The Bertz CT molecular complexity index is 677. The van der Waals surface area contributed by atoms with Gasteiger partial charge in [0.05, 0.1) is 6.54 Å². The highest BCUT2D eigenvalue weighted by Crippen LogP contribution is 2.12. The fourth-order valence-corrected chi connectivity index (χ4v) is 1.82. The van der Waals surface area contributed by atoms with Gasteiger partial charge in [-0.1, -0.05) is 24.3 Å². The van der Waals surface area contributed by atoms with Gasteiger partial charge in [-0.2, -0.15) is 4.79 Å². The van der Waals surface area contributed by atoms with Crippen LogP contribution in [-0.2, 0) is 6.54 Å². The number of rotatable bonds is 3. The molecule has 0 amide bonds. The van der Waals surface area contributed by atoms with Gasteiger partial charge < -0.3 is 10.5 Å². The highest BCUT2D eigenvalue weighted by Gasteiger charge is 2.02. The van der Waals surface area contributed by atoms with Crippen molar-refractivity contribution in [2.75, 3.05) is 5.43 Å². The van der Waals surface area contributed by atoms with E-state index in [0.717, 1.165) is 16.6 Å². The Labute approximate surface area is 104 Å². The molecule has 0 saturated carbocycles. The van der Waals surface area contributed by atoms with Crippen molar-refractivity contribution in [2.45, 2.75) is 6.54 Å². The normalized spacial score (nSPS) is 10.7. The Morgan fingerprint density at radius 3 is 2.89 bits per heavy atom. The van der Waals surface area contributed by atoms with Gasteiger partial charge in [-0.05, 0) is 35.0 Å². The zero-order valence-corrected chi connectivity index (χ0v) is 9.61. The predicted molar refractivity (Wildman–Crippen MR) is 68.7 cm³/mol. The fraction of sp³-hybridized carbons (Fsp3) is 0.0769. The highest BCUT2D eigenvalue weighted by atomic mass is 16.3. The quantitative estimate of drug-likeness (QED) is 0.733. The average Bonchev–Trinajstić information content (AvgIpc) is 2.80. The van der Waals surface area contributed by atoms with Crippen molar-refractivity contribution in [1.82, 2.24) is 15.1 Å². The maximum Gasteiger partial charge on any atom is 0.115 e. The second kappa shape index (κ2) is 4.37. The molecule has 0 radical (unpaired) electrons. The zero-order chi connectivity index (χ0) is 12.4. The third-order valence-electron chi connectivity index (χ3n) is 2.70. The third kappa shape index (κ3) is 1.98. The van der Waals surface area contributed by atoms with Gasteiger partial charge in [-0.15, -0.1) is 5.10 Å². The van der Waals surface area contributed by atoms with Gasteiger partial charge in [0.2, 0.25) is 0 Å². The Morgan fingerprint density at radius 2 is 2.00 bits per heavy atom. The highest BCUT2D eigenvalue weighted by molar-refractivity contribution is 5.74. The van der Waals surface area contributed by atoms with Crippen molar-refractivity contribution in [1.29, 1.82) is 0 Å². The summed E-state index contributed by atoms with van der Waals surface area (Å²) in [6.07, 6.45) is 0. The summed E-state index contributed by atoms with van der Waals surface area (Å²) in [7, 11) is 0. The first-order valence-corrected chi connectivity index (χ1v) is 5.65. The molecule has 3 rings (SSSR count). The number of aromatic nitrogens is 3. The molecule has 90 valence electrons. The van der Waals surface area contributed by atoms with Crippen LogP contribution in [0.4, 0.5) is 0 Å². The van der Waals surface area contributed by atoms with Crippen molar-refractivity contribution in [3.63, 3.8) is 0 Å². The van der Waals surface area contributed by atoms with Crippen LogP contribution in [0.3, 0.4) is 0 Å². The lowest BCUT2D eigenvalue weighted by Crippen LogP contribution is -2.15. The molecule has 0 aliphatic heterocycles. The fourth-order valence-electron chi connectivity index (χ4n) is 1.82. The molecule has 0 aliphatic rings. The third-order valence-corrected chi connectivity index (χ3v) is 2.70. The molecule has 0 bridgehead atoms. The Kier molecular flexibility index (Phi) is 2.57. The van der Waals surface area contributed by atoms with Crippen LogP contribution in [-0.4, -0.2) is 20.2 Å². The van der Waals surface area contributed by atoms with Crippen molar-refractivity contribution in [3.8, 4) is 5.75 Å². The van der Waals surface area contributed by atoms with E-state index in [1.165, 1.54) is 0 Å². The van der Waals surface area contributed by atoms with Crippen molar-refractivity contribution in [2.24, 2.45) is 0 Å². The largest absolute Gasteiger partial charge is 0.508 e. The number of para-hydroxylation sites is 1. The number of phenolic OH excluding ortho intramolecular Hbond substituents is 1. The van der Waals surface area contributed by atoms with E-state index in [-0.39, 0.29) is 5.75 Å². The molecule has 0 saturated heterocycles. The molecule has 2 N–H and O–H groups in total. The van der Waals surface area contributed by atoms with Gasteiger partial charge in [0.1, 0.15) is 16.8 Å². The molecule has 18 heavy (non-hydrogen) atoms. The first-order chi connectivity index (χ1) is 8.83. The molecular formula is C13H12N4O. The van der Waals surface area contributed by atoms with Crippen molar-refractivity contribution in [3.05, 3.63) is 54.1 Å². The van der Waals surface area contributed by atoms with Gasteiger partial charge >= 0.3 is 0 Å². The number of aromatic hydroxyl groups is 1. The van der Waals surface area contributed by atoms with Crippen LogP contribution in [0.25, 0.3) is 11.0 Å².